The van der Waals surface area contributed by atoms with E-state index < -0.39 is 11.0 Å². The molecule has 20 heavy (non-hydrogen) atoms. The monoisotopic (exact) mass is 274 g/mol. The molecule has 1 aromatic heterocycles. The molecule has 2 rings (SSSR count). The van der Waals surface area contributed by atoms with E-state index in [2.05, 4.69) is 10.4 Å². The van der Waals surface area contributed by atoms with Gasteiger partial charge in [0.25, 0.3) is 0 Å². The smallest absolute Gasteiger partial charge is 0.309 e. The molecule has 7 heteroatoms. The highest BCUT2D eigenvalue weighted by Gasteiger charge is 2.23. The van der Waals surface area contributed by atoms with E-state index in [1.807, 2.05) is 18.2 Å². The maximum Gasteiger partial charge on any atom is 0.309 e. The number of carbonyl (C=O) groups is 1. The van der Waals surface area contributed by atoms with Gasteiger partial charge in [-0.3, -0.25) is 19.6 Å². The third-order valence-corrected chi connectivity index (χ3v) is 3.00. The molecule has 0 aliphatic carbocycles. The summed E-state index contributed by atoms with van der Waals surface area (Å²) in [4.78, 5) is 22.4. The molecule has 1 aromatic carbocycles. The van der Waals surface area contributed by atoms with Crippen LogP contribution in [0.4, 0.5) is 11.4 Å². The predicted octanol–water partition coefficient (Wildman–Crippen LogP) is 2.30. The lowest BCUT2D eigenvalue weighted by Gasteiger charge is -2.13. The Labute approximate surface area is 115 Å². The minimum Gasteiger partial charge on any atom is -0.324 e. The number of rotatable bonds is 4. The normalized spacial score (nSPS) is 11.9. The number of hydrogen-bond acceptors (Lipinski definition) is 4. The van der Waals surface area contributed by atoms with Crippen molar-refractivity contribution in [3.63, 3.8) is 0 Å². The van der Waals surface area contributed by atoms with Gasteiger partial charge in [0.05, 0.1) is 4.92 Å². The van der Waals surface area contributed by atoms with Crippen LogP contribution in [0, 0.1) is 17.0 Å². The Bertz CT molecular complexity index is 636. The summed E-state index contributed by atoms with van der Waals surface area (Å²) in [6.07, 6.45) is 1.15. The van der Waals surface area contributed by atoms with Gasteiger partial charge in [0.1, 0.15) is 17.9 Å². The second-order valence-electron chi connectivity index (χ2n) is 4.35. The van der Waals surface area contributed by atoms with Gasteiger partial charge in [-0.15, -0.1) is 0 Å². The molecule has 0 aliphatic heterocycles. The predicted molar refractivity (Wildman–Crippen MR) is 73.4 cm³/mol. The average molecular weight is 274 g/mol. The summed E-state index contributed by atoms with van der Waals surface area (Å²) >= 11 is 0. The summed E-state index contributed by atoms with van der Waals surface area (Å²) in [5.41, 5.74) is 0.929. The second-order valence-corrected chi connectivity index (χ2v) is 4.35. The van der Waals surface area contributed by atoms with Crippen molar-refractivity contribution in [3.8, 4) is 0 Å². The lowest BCUT2D eigenvalue weighted by atomic mass is 10.2. The van der Waals surface area contributed by atoms with E-state index in [0.29, 0.717) is 11.4 Å². The first kappa shape index (κ1) is 13.7. The zero-order valence-electron chi connectivity index (χ0n) is 11.1. The van der Waals surface area contributed by atoms with Crippen LogP contribution in [0.25, 0.3) is 0 Å². The van der Waals surface area contributed by atoms with Crippen molar-refractivity contribution in [2.75, 3.05) is 5.32 Å². The van der Waals surface area contributed by atoms with Crippen LogP contribution < -0.4 is 5.32 Å². The highest BCUT2D eigenvalue weighted by Crippen LogP contribution is 2.20. The number of aromatic nitrogens is 2. The summed E-state index contributed by atoms with van der Waals surface area (Å²) in [6.45, 7) is 3.21. The standard InChI is InChI=1S/C13H14N4O3/c1-9-12(17(19)20)8-14-16(9)10(2)13(18)15-11-6-4-3-5-7-11/h3-8,10H,1-2H3,(H,15,18). The number of carbonyl (C=O) groups excluding carboxylic acids is 1. The van der Waals surface area contributed by atoms with Gasteiger partial charge in [0.2, 0.25) is 5.91 Å². The molecule has 0 fully saturated rings. The average Bonchev–Trinajstić information content (AvgIpc) is 2.81. The molecule has 2 aromatic rings. The molecular formula is C13H14N4O3. The van der Waals surface area contributed by atoms with Crippen LogP contribution in [-0.4, -0.2) is 20.6 Å². The summed E-state index contributed by atoms with van der Waals surface area (Å²) in [5, 5.41) is 17.4. The number of benzene rings is 1. The first-order valence-corrected chi connectivity index (χ1v) is 6.05. The second kappa shape index (κ2) is 5.52. The van der Waals surface area contributed by atoms with E-state index in [0.717, 1.165) is 6.20 Å². The van der Waals surface area contributed by atoms with Gasteiger partial charge >= 0.3 is 5.69 Å². The first-order valence-electron chi connectivity index (χ1n) is 6.05. The zero-order valence-corrected chi connectivity index (χ0v) is 11.1. The van der Waals surface area contributed by atoms with E-state index >= 15 is 0 Å². The van der Waals surface area contributed by atoms with Crippen LogP contribution in [0.15, 0.2) is 36.5 Å². The van der Waals surface area contributed by atoms with E-state index in [9.17, 15) is 14.9 Å². The molecule has 1 heterocycles. The number of nitrogens with zero attached hydrogens (tertiary/aromatic N) is 3. The fraction of sp³-hybridized carbons (Fsp3) is 0.231. The lowest BCUT2D eigenvalue weighted by Crippen LogP contribution is -2.25. The van der Waals surface area contributed by atoms with Crippen LogP contribution in [0.1, 0.15) is 18.7 Å². The molecule has 1 atom stereocenters. The number of amides is 1. The van der Waals surface area contributed by atoms with Crippen LogP contribution in [0.3, 0.4) is 0 Å². The lowest BCUT2D eigenvalue weighted by molar-refractivity contribution is -0.385. The Balaban J connectivity index is 2.17. The van der Waals surface area contributed by atoms with Gasteiger partial charge in [0.15, 0.2) is 0 Å². The van der Waals surface area contributed by atoms with E-state index in [1.165, 1.54) is 4.68 Å². The highest BCUT2D eigenvalue weighted by atomic mass is 16.6. The minimum absolute atomic E-state index is 0.0932. The van der Waals surface area contributed by atoms with Gasteiger partial charge in [-0.2, -0.15) is 5.10 Å². The highest BCUT2D eigenvalue weighted by molar-refractivity contribution is 5.93. The number of anilines is 1. The van der Waals surface area contributed by atoms with Crippen molar-refractivity contribution >= 4 is 17.3 Å². The molecule has 0 spiro atoms. The molecule has 0 saturated heterocycles. The fourth-order valence-corrected chi connectivity index (χ4v) is 1.86. The Morgan fingerprint density at radius 2 is 2.05 bits per heavy atom. The quantitative estimate of drug-likeness (QED) is 0.684. The Kier molecular flexibility index (Phi) is 3.79. The third kappa shape index (κ3) is 2.66. The minimum atomic E-state index is -0.635. The zero-order chi connectivity index (χ0) is 14.7. The summed E-state index contributed by atoms with van der Waals surface area (Å²) in [5.74, 6) is -0.280. The van der Waals surface area contributed by atoms with Crippen molar-refractivity contribution in [1.29, 1.82) is 0 Å². The molecule has 0 bridgehead atoms. The van der Waals surface area contributed by atoms with Gasteiger partial charge in [-0.25, -0.2) is 0 Å². The molecule has 104 valence electrons. The maximum absolute atomic E-state index is 12.1. The van der Waals surface area contributed by atoms with Crippen molar-refractivity contribution in [3.05, 3.63) is 52.3 Å². The molecule has 0 saturated carbocycles. The number of nitro groups is 1. The summed E-state index contributed by atoms with van der Waals surface area (Å²) in [7, 11) is 0. The van der Waals surface area contributed by atoms with Gasteiger partial charge in [0, 0.05) is 5.69 Å². The van der Waals surface area contributed by atoms with Crippen molar-refractivity contribution < 1.29 is 9.72 Å². The summed E-state index contributed by atoms with van der Waals surface area (Å²) < 4.78 is 1.34. The van der Waals surface area contributed by atoms with Crippen LogP contribution in [0.2, 0.25) is 0 Å². The Morgan fingerprint density at radius 1 is 1.40 bits per heavy atom. The van der Waals surface area contributed by atoms with E-state index in [4.69, 9.17) is 0 Å². The first-order chi connectivity index (χ1) is 9.50. The molecule has 1 N–H and O–H groups in total. The van der Waals surface area contributed by atoms with Gasteiger partial charge < -0.3 is 5.32 Å². The van der Waals surface area contributed by atoms with E-state index in [1.54, 1.807) is 26.0 Å². The van der Waals surface area contributed by atoms with Crippen LogP contribution >= 0.6 is 0 Å². The third-order valence-electron chi connectivity index (χ3n) is 3.00. The van der Waals surface area contributed by atoms with Crippen molar-refractivity contribution in [2.24, 2.45) is 0 Å². The number of nitrogens with one attached hydrogen (secondary N) is 1. The topological polar surface area (TPSA) is 90.1 Å². The SMILES string of the molecule is Cc1c([N+](=O)[O-])cnn1C(C)C(=O)Nc1ccccc1. The van der Waals surface area contributed by atoms with Crippen LogP contribution in [0.5, 0.6) is 0 Å². The summed E-state index contributed by atoms with van der Waals surface area (Å²) in [6, 6.07) is 8.37. The fourth-order valence-electron chi connectivity index (χ4n) is 1.86. The van der Waals surface area contributed by atoms with Crippen molar-refractivity contribution in [1.82, 2.24) is 9.78 Å². The molecular weight excluding hydrogens is 260 g/mol. The number of para-hydroxylation sites is 1. The number of hydrogen-bond donors (Lipinski definition) is 1. The van der Waals surface area contributed by atoms with E-state index in [-0.39, 0.29) is 11.6 Å². The molecule has 0 radical (unpaired) electrons. The molecule has 1 amide bonds. The molecule has 0 aliphatic rings. The van der Waals surface area contributed by atoms with Crippen LogP contribution in [-0.2, 0) is 4.79 Å². The van der Waals surface area contributed by atoms with Crippen molar-refractivity contribution in [2.45, 2.75) is 19.9 Å². The Morgan fingerprint density at radius 3 is 2.60 bits per heavy atom. The largest absolute Gasteiger partial charge is 0.324 e. The molecule has 1 unspecified atom stereocenters. The maximum atomic E-state index is 12.1. The Hall–Kier alpha value is -2.70. The molecule has 7 nitrogen and oxygen atoms in total. The van der Waals surface area contributed by atoms with Gasteiger partial charge in [-0.1, -0.05) is 18.2 Å². The van der Waals surface area contributed by atoms with Gasteiger partial charge in [-0.05, 0) is 26.0 Å².